The summed E-state index contributed by atoms with van der Waals surface area (Å²) < 4.78 is 7.14. The Morgan fingerprint density at radius 3 is 2.85 bits per heavy atom. The SMILES string of the molecule is Cn1nc2ccccc2c1C(=O)NCC(c1cccs1)N1CCOCC1. The summed E-state index contributed by atoms with van der Waals surface area (Å²) in [5.41, 5.74) is 1.44. The quantitative estimate of drug-likeness (QED) is 0.749. The molecular weight excluding hydrogens is 348 g/mol. The number of benzene rings is 1. The molecule has 1 N–H and O–H groups in total. The Balaban J connectivity index is 1.53. The maximum Gasteiger partial charge on any atom is 0.270 e. The number of fused-ring (bicyclic) bond motifs is 1. The van der Waals surface area contributed by atoms with E-state index >= 15 is 0 Å². The third-order valence-corrected chi connectivity index (χ3v) is 5.74. The van der Waals surface area contributed by atoms with E-state index in [1.165, 1.54) is 4.88 Å². The average Bonchev–Trinajstić information content (AvgIpc) is 3.29. The van der Waals surface area contributed by atoms with Gasteiger partial charge in [0.15, 0.2) is 0 Å². The van der Waals surface area contributed by atoms with E-state index in [0.29, 0.717) is 12.2 Å². The number of ether oxygens (including phenoxy) is 1. The summed E-state index contributed by atoms with van der Waals surface area (Å²) in [5, 5.41) is 10.5. The van der Waals surface area contributed by atoms with Crippen LogP contribution in [0, 0.1) is 0 Å². The van der Waals surface area contributed by atoms with E-state index in [1.807, 2.05) is 31.3 Å². The topological polar surface area (TPSA) is 59.4 Å². The molecule has 136 valence electrons. The van der Waals surface area contributed by atoms with Crippen LogP contribution in [0.15, 0.2) is 41.8 Å². The number of carbonyl (C=O) groups excluding carboxylic acids is 1. The zero-order chi connectivity index (χ0) is 17.9. The van der Waals surface area contributed by atoms with E-state index in [-0.39, 0.29) is 11.9 Å². The van der Waals surface area contributed by atoms with Crippen LogP contribution in [-0.2, 0) is 11.8 Å². The first-order valence-electron chi connectivity index (χ1n) is 8.79. The third-order valence-electron chi connectivity index (χ3n) is 4.77. The predicted octanol–water partition coefficient (Wildman–Crippen LogP) is 2.44. The lowest BCUT2D eigenvalue weighted by Gasteiger charge is -2.34. The lowest BCUT2D eigenvalue weighted by atomic mass is 10.1. The highest BCUT2D eigenvalue weighted by Crippen LogP contribution is 2.26. The van der Waals surface area contributed by atoms with E-state index in [2.05, 4.69) is 32.8 Å². The van der Waals surface area contributed by atoms with Crippen LogP contribution in [0.25, 0.3) is 10.9 Å². The van der Waals surface area contributed by atoms with Crippen molar-refractivity contribution < 1.29 is 9.53 Å². The van der Waals surface area contributed by atoms with Gasteiger partial charge in [0.1, 0.15) is 5.69 Å². The number of amides is 1. The van der Waals surface area contributed by atoms with Crippen molar-refractivity contribution >= 4 is 28.1 Å². The molecule has 2 aromatic heterocycles. The molecule has 0 bridgehead atoms. The van der Waals surface area contributed by atoms with E-state index < -0.39 is 0 Å². The Bertz CT molecular complexity index is 884. The first-order chi connectivity index (χ1) is 12.7. The number of aryl methyl sites for hydroxylation is 1. The predicted molar refractivity (Wildman–Crippen MR) is 102 cm³/mol. The van der Waals surface area contributed by atoms with E-state index in [0.717, 1.165) is 37.2 Å². The molecule has 3 aromatic rings. The van der Waals surface area contributed by atoms with Crippen molar-refractivity contribution in [2.24, 2.45) is 7.05 Å². The number of nitrogens with one attached hydrogen (secondary N) is 1. The van der Waals surface area contributed by atoms with Crippen molar-refractivity contribution in [3.05, 3.63) is 52.3 Å². The van der Waals surface area contributed by atoms with Crippen molar-refractivity contribution in [2.75, 3.05) is 32.8 Å². The number of thiophene rings is 1. The van der Waals surface area contributed by atoms with Crippen LogP contribution >= 0.6 is 11.3 Å². The van der Waals surface area contributed by atoms with Gasteiger partial charge in [-0.3, -0.25) is 14.4 Å². The highest BCUT2D eigenvalue weighted by atomic mass is 32.1. The smallest absolute Gasteiger partial charge is 0.270 e. The largest absolute Gasteiger partial charge is 0.379 e. The summed E-state index contributed by atoms with van der Waals surface area (Å²) in [4.78, 5) is 16.5. The highest BCUT2D eigenvalue weighted by molar-refractivity contribution is 7.10. The van der Waals surface area contributed by atoms with Crippen LogP contribution in [-0.4, -0.2) is 53.4 Å². The molecule has 0 aliphatic carbocycles. The fourth-order valence-corrected chi connectivity index (χ4v) is 4.33. The molecule has 3 heterocycles. The molecule has 0 radical (unpaired) electrons. The highest BCUT2D eigenvalue weighted by Gasteiger charge is 2.25. The maximum absolute atomic E-state index is 12.9. The summed E-state index contributed by atoms with van der Waals surface area (Å²) >= 11 is 1.73. The number of nitrogens with zero attached hydrogens (tertiary/aromatic N) is 3. The first-order valence-corrected chi connectivity index (χ1v) is 9.67. The monoisotopic (exact) mass is 370 g/mol. The van der Waals surface area contributed by atoms with Crippen molar-refractivity contribution in [1.29, 1.82) is 0 Å². The molecule has 1 amide bonds. The minimum atomic E-state index is -0.0870. The number of morpholine rings is 1. The zero-order valence-electron chi connectivity index (χ0n) is 14.7. The fraction of sp³-hybridized carbons (Fsp3) is 0.368. The van der Waals surface area contributed by atoms with Gasteiger partial charge in [0.2, 0.25) is 0 Å². The number of aromatic nitrogens is 2. The van der Waals surface area contributed by atoms with Gasteiger partial charge >= 0.3 is 0 Å². The van der Waals surface area contributed by atoms with Gasteiger partial charge in [0.25, 0.3) is 5.91 Å². The van der Waals surface area contributed by atoms with Crippen LogP contribution < -0.4 is 5.32 Å². The third kappa shape index (κ3) is 3.38. The molecule has 7 heteroatoms. The van der Waals surface area contributed by atoms with E-state index in [9.17, 15) is 4.79 Å². The Kier molecular flexibility index (Phi) is 5.01. The van der Waals surface area contributed by atoms with Crippen LogP contribution in [0.1, 0.15) is 21.4 Å². The number of hydrogen-bond acceptors (Lipinski definition) is 5. The molecular formula is C19H22N4O2S. The average molecular weight is 370 g/mol. The fourth-order valence-electron chi connectivity index (χ4n) is 3.47. The van der Waals surface area contributed by atoms with Crippen LogP contribution in [0.5, 0.6) is 0 Å². The van der Waals surface area contributed by atoms with Crippen molar-refractivity contribution in [3.63, 3.8) is 0 Å². The summed E-state index contributed by atoms with van der Waals surface area (Å²) in [6.45, 7) is 3.81. The second-order valence-electron chi connectivity index (χ2n) is 6.38. The van der Waals surface area contributed by atoms with Crippen LogP contribution in [0.2, 0.25) is 0 Å². The summed E-state index contributed by atoms with van der Waals surface area (Å²) in [6, 6.07) is 12.1. The van der Waals surface area contributed by atoms with Gasteiger partial charge in [0.05, 0.1) is 24.8 Å². The lowest BCUT2D eigenvalue weighted by molar-refractivity contribution is 0.0169. The van der Waals surface area contributed by atoms with Gasteiger partial charge in [0, 0.05) is 36.9 Å². The van der Waals surface area contributed by atoms with Gasteiger partial charge in [-0.1, -0.05) is 24.3 Å². The molecule has 6 nitrogen and oxygen atoms in total. The van der Waals surface area contributed by atoms with Crippen LogP contribution in [0.3, 0.4) is 0 Å². The standard InChI is InChI=1S/C19H22N4O2S/c1-22-18(14-5-2-3-6-15(14)21-22)19(24)20-13-16(17-7-4-12-26-17)23-8-10-25-11-9-23/h2-7,12,16H,8-11,13H2,1H3,(H,20,24). The van der Waals surface area contributed by atoms with Crippen LogP contribution in [0.4, 0.5) is 0 Å². The van der Waals surface area contributed by atoms with Gasteiger partial charge in [-0.25, -0.2) is 0 Å². The number of carbonyl (C=O) groups is 1. The van der Waals surface area contributed by atoms with Gasteiger partial charge < -0.3 is 10.1 Å². The molecule has 1 fully saturated rings. The summed E-state index contributed by atoms with van der Waals surface area (Å²) in [5.74, 6) is -0.0870. The second kappa shape index (κ2) is 7.57. The molecule has 1 saturated heterocycles. The Morgan fingerprint density at radius 1 is 1.27 bits per heavy atom. The van der Waals surface area contributed by atoms with Gasteiger partial charge in [-0.15, -0.1) is 11.3 Å². The molecule has 0 saturated carbocycles. The van der Waals surface area contributed by atoms with Gasteiger partial charge in [-0.2, -0.15) is 5.10 Å². The molecule has 1 aliphatic heterocycles. The molecule has 26 heavy (non-hydrogen) atoms. The molecule has 1 unspecified atom stereocenters. The van der Waals surface area contributed by atoms with E-state index in [1.54, 1.807) is 16.0 Å². The van der Waals surface area contributed by atoms with Gasteiger partial charge in [-0.05, 0) is 17.5 Å². The molecule has 1 atom stereocenters. The lowest BCUT2D eigenvalue weighted by Crippen LogP contribution is -2.43. The number of hydrogen-bond donors (Lipinski definition) is 1. The normalized spacial score (nSPS) is 16.7. The molecule has 4 rings (SSSR count). The minimum Gasteiger partial charge on any atom is -0.379 e. The number of rotatable bonds is 5. The Hall–Kier alpha value is -2.22. The van der Waals surface area contributed by atoms with Crippen molar-refractivity contribution in [2.45, 2.75) is 6.04 Å². The summed E-state index contributed by atoms with van der Waals surface area (Å²) in [7, 11) is 1.81. The second-order valence-corrected chi connectivity index (χ2v) is 7.36. The molecule has 1 aliphatic rings. The zero-order valence-corrected chi connectivity index (χ0v) is 15.5. The van der Waals surface area contributed by atoms with Crippen molar-refractivity contribution in [3.8, 4) is 0 Å². The minimum absolute atomic E-state index is 0.0870. The summed E-state index contributed by atoms with van der Waals surface area (Å²) in [6.07, 6.45) is 0. The molecule has 1 aromatic carbocycles. The molecule has 0 spiro atoms. The first kappa shape index (κ1) is 17.2. The van der Waals surface area contributed by atoms with Crippen molar-refractivity contribution in [1.82, 2.24) is 20.0 Å². The maximum atomic E-state index is 12.9. The Labute approximate surface area is 156 Å². The van der Waals surface area contributed by atoms with E-state index in [4.69, 9.17) is 4.74 Å². The Morgan fingerprint density at radius 2 is 2.08 bits per heavy atom.